The van der Waals surface area contributed by atoms with Crippen molar-refractivity contribution in [1.29, 1.82) is 0 Å². The average Bonchev–Trinajstić information content (AvgIpc) is 2.28. The molecule has 0 bridgehead atoms. The maximum absolute atomic E-state index is 12.0. The topological polar surface area (TPSA) is 55.0 Å². The van der Waals surface area contributed by atoms with Crippen molar-refractivity contribution >= 4 is 0 Å². The number of H-pyrrole nitrogens is 1. The van der Waals surface area contributed by atoms with E-state index in [1.165, 1.54) is 0 Å². The smallest absolute Gasteiger partial charge is 0.254 e. The summed E-state index contributed by atoms with van der Waals surface area (Å²) in [5.74, 6) is 1.25. The van der Waals surface area contributed by atoms with Gasteiger partial charge in [0.05, 0.1) is 6.61 Å². The Morgan fingerprint density at radius 3 is 2.76 bits per heavy atom. The molecule has 1 aromatic heterocycles. The molecule has 0 spiro atoms. The average molecular weight is 236 g/mol. The van der Waals surface area contributed by atoms with Gasteiger partial charge in [0, 0.05) is 23.8 Å². The predicted octanol–water partition coefficient (Wildman–Crippen LogP) is 2.10. The second kappa shape index (κ2) is 5.00. The molecule has 0 amide bonds. The number of ether oxygens (including phenoxy) is 1. The Bertz CT molecular complexity index is 445. The molecular formula is C13H20N2O2. The minimum absolute atomic E-state index is 0.00748. The van der Waals surface area contributed by atoms with Gasteiger partial charge in [-0.25, -0.2) is 4.98 Å². The zero-order valence-corrected chi connectivity index (χ0v) is 10.7. The van der Waals surface area contributed by atoms with Gasteiger partial charge in [-0.3, -0.25) is 4.79 Å². The first-order chi connectivity index (χ1) is 8.09. The Balaban J connectivity index is 2.34. The summed E-state index contributed by atoms with van der Waals surface area (Å²) >= 11 is 0. The highest BCUT2D eigenvalue weighted by molar-refractivity contribution is 5.21. The van der Waals surface area contributed by atoms with Crippen LogP contribution in [0.3, 0.4) is 0 Å². The van der Waals surface area contributed by atoms with Crippen molar-refractivity contribution in [3.63, 3.8) is 0 Å². The molecule has 0 radical (unpaired) electrons. The van der Waals surface area contributed by atoms with Crippen LogP contribution in [0.15, 0.2) is 4.79 Å². The van der Waals surface area contributed by atoms with Gasteiger partial charge in [-0.05, 0) is 25.7 Å². The van der Waals surface area contributed by atoms with Gasteiger partial charge in [-0.2, -0.15) is 0 Å². The third-order valence-electron chi connectivity index (χ3n) is 3.29. The van der Waals surface area contributed by atoms with Crippen molar-refractivity contribution in [3.05, 3.63) is 27.4 Å². The van der Waals surface area contributed by atoms with E-state index in [1.54, 1.807) is 0 Å². The molecule has 0 saturated carbocycles. The quantitative estimate of drug-likeness (QED) is 0.855. The molecule has 4 heteroatoms. The number of hydrogen-bond acceptors (Lipinski definition) is 3. The van der Waals surface area contributed by atoms with E-state index in [9.17, 15) is 4.79 Å². The zero-order valence-electron chi connectivity index (χ0n) is 10.7. The summed E-state index contributed by atoms with van der Waals surface area (Å²) in [5.41, 5.74) is 1.66. The lowest BCUT2D eigenvalue weighted by molar-refractivity contribution is 0.0779. The van der Waals surface area contributed by atoms with Gasteiger partial charge >= 0.3 is 0 Å². The lowest BCUT2D eigenvalue weighted by Gasteiger charge is -2.22. The van der Waals surface area contributed by atoms with Gasteiger partial charge in [0.25, 0.3) is 5.56 Å². The SMILES string of the molecule is Cc1nc(C2CCCOC2)[nH]c(=O)c1C(C)C. The number of aromatic amines is 1. The third-order valence-corrected chi connectivity index (χ3v) is 3.29. The van der Waals surface area contributed by atoms with Crippen molar-refractivity contribution in [2.75, 3.05) is 13.2 Å². The van der Waals surface area contributed by atoms with Crippen LogP contribution >= 0.6 is 0 Å². The van der Waals surface area contributed by atoms with Gasteiger partial charge < -0.3 is 9.72 Å². The second-order valence-electron chi connectivity index (χ2n) is 5.02. The molecule has 1 N–H and O–H groups in total. The maximum Gasteiger partial charge on any atom is 0.254 e. The Morgan fingerprint density at radius 1 is 1.47 bits per heavy atom. The molecule has 2 heterocycles. The summed E-state index contributed by atoms with van der Waals surface area (Å²) in [5, 5.41) is 0. The minimum Gasteiger partial charge on any atom is -0.381 e. The molecule has 94 valence electrons. The van der Waals surface area contributed by atoms with Crippen molar-refractivity contribution < 1.29 is 4.74 Å². The first-order valence-corrected chi connectivity index (χ1v) is 6.28. The molecule has 0 aromatic carbocycles. The Labute approximate surface area is 101 Å². The van der Waals surface area contributed by atoms with Crippen LogP contribution in [0.1, 0.15) is 55.6 Å². The van der Waals surface area contributed by atoms with E-state index >= 15 is 0 Å². The Kier molecular flexibility index (Phi) is 3.62. The molecular weight excluding hydrogens is 216 g/mol. The minimum atomic E-state index is 0.00748. The van der Waals surface area contributed by atoms with Gasteiger partial charge in [0.2, 0.25) is 0 Å². The number of aromatic nitrogens is 2. The largest absolute Gasteiger partial charge is 0.381 e. The van der Waals surface area contributed by atoms with Crippen LogP contribution in [0.4, 0.5) is 0 Å². The highest BCUT2D eigenvalue weighted by atomic mass is 16.5. The van der Waals surface area contributed by atoms with Gasteiger partial charge in [-0.1, -0.05) is 13.8 Å². The first kappa shape index (κ1) is 12.3. The molecule has 1 saturated heterocycles. The molecule has 1 unspecified atom stereocenters. The van der Waals surface area contributed by atoms with Crippen LogP contribution in [-0.4, -0.2) is 23.2 Å². The fourth-order valence-corrected chi connectivity index (χ4v) is 2.45. The van der Waals surface area contributed by atoms with Gasteiger partial charge in [0.15, 0.2) is 0 Å². The fourth-order valence-electron chi connectivity index (χ4n) is 2.45. The highest BCUT2D eigenvalue weighted by Gasteiger charge is 2.20. The third kappa shape index (κ3) is 2.57. The lowest BCUT2D eigenvalue weighted by atomic mass is 9.99. The maximum atomic E-state index is 12.0. The zero-order chi connectivity index (χ0) is 12.4. The van der Waals surface area contributed by atoms with Crippen molar-refractivity contribution in [2.24, 2.45) is 0 Å². The Hall–Kier alpha value is -1.16. The lowest BCUT2D eigenvalue weighted by Crippen LogP contribution is -2.25. The molecule has 1 aromatic rings. The summed E-state index contributed by atoms with van der Waals surface area (Å²) in [7, 11) is 0. The van der Waals surface area contributed by atoms with Crippen molar-refractivity contribution in [2.45, 2.75) is 45.4 Å². The van der Waals surface area contributed by atoms with Gasteiger partial charge in [-0.15, -0.1) is 0 Å². The summed E-state index contributed by atoms with van der Waals surface area (Å²) in [6.45, 7) is 7.44. The van der Waals surface area contributed by atoms with Crippen LogP contribution in [0.5, 0.6) is 0 Å². The molecule has 2 rings (SSSR count). The van der Waals surface area contributed by atoms with Crippen molar-refractivity contribution in [3.8, 4) is 0 Å². The predicted molar refractivity (Wildman–Crippen MR) is 66.5 cm³/mol. The van der Waals surface area contributed by atoms with Crippen LogP contribution in [0.25, 0.3) is 0 Å². The van der Waals surface area contributed by atoms with E-state index in [0.717, 1.165) is 36.5 Å². The molecule has 1 aliphatic rings. The summed E-state index contributed by atoms with van der Waals surface area (Å²) in [6.07, 6.45) is 2.09. The van der Waals surface area contributed by atoms with Crippen LogP contribution in [0, 0.1) is 6.92 Å². The van der Waals surface area contributed by atoms with E-state index in [0.29, 0.717) is 6.61 Å². The molecule has 0 aliphatic carbocycles. The fraction of sp³-hybridized carbons (Fsp3) is 0.692. The van der Waals surface area contributed by atoms with E-state index in [2.05, 4.69) is 9.97 Å². The van der Waals surface area contributed by atoms with E-state index in [1.807, 2.05) is 20.8 Å². The van der Waals surface area contributed by atoms with Crippen LogP contribution in [-0.2, 0) is 4.74 Å². The number of rotatable bonds is 2. The number of hydrogen-bond donors (Lipinski definition) is 1. The van der Waals surface area contributed by atoms with Crippen LogP contribution in [0.2, 0.25) is 0 Å². The second-order valence-corrected chi connectivity index (χ2v) is 5.02. The summed E-state index contributed by atoms with van der Waals surface area (Å²) in [4.78, 5) is 19.5. The summed E-state index contributed by atoms with van der Waals surface area (Å²) in [6, 6.07) is 0. The number of nitrogens with zero attached hydrogens (tertiary/aromatic N) is 1. The monoisotopic (exact) mass is 236 g/mol. The number of nitrogens with one attached hydrogen (secondary N) is 1. The van der Waals surface area contributed by atoms with Gasteiger partial charge in [0.1, 0.15) is 5.82 Å². The highest BCUT2D eigenvalue weighted by Crippen LogP contribution is 2.23. The standard InChI is InChI=1S/C13H20N2O2/c1-8(2)11-9(3)14-12(15-13(11)16)10-5-4-6-17-7-10/h8,10H,4-7H2,1-3H3,(H,14,15,16). The molecule has 1 aliphatic heterocycles. The van der Waals surface area contributed by atoms with E-state index in [4.69, 9.17) is 4.74 Å². The normalized spacial score (nSPS) is 20.8. The molecule has 1 fully saturated rings. The number of aryl methyl sites for hydroxylation is 1. The van der Waals surface area contributed by atoms with E-state index < -0.39 is 0 Å². The van der Waals surface area contributed by atoms with Crippen LogP contribution < -0.4 is 5.56 Å². The van der Waals surface area contributed by atoms with E-state index in [-0.39, 0.29) is 17.4 Å². The Morgan fingerprint density at radius 2 is 2.24 bits per heavy atom. The molecule has 1 atom stereocenters. The molecule has 4 nitrogen and oxygen atoms in total. The molecule has 17 heavy (non-hydrogen) atoms. The summed E-state index contributed by atoms with van der Waals surface area (Å²) < 4.78 is 5.43. The van der Waals surface area contributed by atoms with Crippen molar-refractivity contribution in [1.82, 2.24) is 9.97 Å². The first-order valence-electron chi connectivity index (χ1n) is 6.28.